The van der Waals surface area contributed by atoms with Gasteiger partial charge in [-0.2, -0.15) is 0 Å². The number of carbonyl (C=O) groups excluding carboxylic acids is 2. The van der Waals surface area contributed by atoms with Gasteiger partial charge in [0.1, 0.15) is 0 Å². The fourth-order valence-corrected chi connectivity index (χ4v) is 1.96. The molecule has 1 heterocycles. The van der Waals surface area contributed by atoms with E-state index in [4.69, 9.17) is 5.11 Å². The zero-order chi connectivity index (χ0) is 12.6. The number of rotatable bonds is 3. The van der Waals surface area contributed by atoms with E-state index in [1.807, 2.05) is 0 Å². The van der Waals surface area contributed by atoms with Crippen LogP contribution in [0.25, 0.3) is 0 Å². The van der Waals surface area contributed by atoms with E-state index in [0.717, 1.165) is 4.90 Å². The second kappa shape index (κ2) is 4.27. The predicted molar refractivity (Wildman–Crippen MR) is 59.5 cm³/mol. The Hall–Kier alpha value is -1.72. The summed E-state index contributed by atoms with van der Waals surface area (Å²) in [5.74, 6) is -0.934. The van der Waals surface area contributed by atoms with Crippen LogP contribution in [0.5, 0.6) is 0 Å². The molecule has 5 heteroatoms. The van der Waals surface area contributed by atoms with E-state index < -0.39 is 30.6 Å². The average molecular weight is 235 g/mol. The molecule has 0 saturated heterocycles. The molecule has 2 atom stereocenters. The number of aliphatic hydroxyl groups excluding tert-OH is 2. The molecule has 2 amide bonds. The van der Waals surface area contributed by atoms with Gasteiger partial charge >= 0.3 is 0 Å². The highest BCUT2D eigenvalue weighted by Crippen LogP contribution is 2.25. The Kier molecular flexibility index (Phi) is 2.95. The maximum Gasteiger partial charge on any atom is 0.261 e. The third-order valence-electron chi connectivity index (χ3n) is 2.90. The topological polar surface area (TPSA) is 77.8 Å². The molecule has 0 bridgehead atoms. The molecule has 90 valence electrons. The van der Waals surface area contributed by atoms with Crippen LogP contribution in [0.4, 0.5) is 0 Å². The summed E-state index contributed by atoms with van der Waals surface area (Å²) in [5, 5.41) is 18.6. The van der Waals surface area contributed by atoms with Crippen LogP contribution in [0.1, 0.15) is 27.6 Å². The molecule has 0 saturated carbocycles. The van der Waals surface area contributed by atoms with Crippen LogP contribution in [-0.4, -0.2) is 45.7 Å². The van der Waals surface area contributed by atoms with Crippen LogP contribution in [-0.2, 0) is 0 Å². The lowest BCUT2D eigenvalue weighted by molar-refractivity contribution is 0.0230. The first-order valence-corrected chi connectivity index (χ1v) is 5.33. The minimum Gasteiger partial charge on any atom is -0.394 e. The molecule has 1 aliphatic heterocycles. The molecule has 1 aromatic carbocycles. The normalized spacial score (nSPS) is 18.2. The van der Waals surface area contributed by atoms with Crippen LogP contribution in [0.15, 0.2) is 24.3 Å². The fraction of sp³-hybridized carbons (Fsp3) is 0.333. The lowest BCUT2D eigenvalue weighted by Crippen LogP contribution is -2.48. The summed E-state index contributed by atoms with van der Waals surface area (Å²) >= 11 is 0. The van der Waals surface area contributed by atoms with Gasteiger partial charge in [-0.05, 0) is 19.1 Å². The van der Waals surface area contributed by atoms with Crippen molar-refractivity contribution in [2.75, 3.05) is 6.61 Å². The minimum atomic E-state index is -0.970. The quantitative estimate of drug-likeness (QED) is 0.724. The van der Waals surface area contributed by atoms with Crippen molar-refractivity contribution in [3.63, 3.8) is 0 Å². The highest BCUT2D eigenvalue weighted by molar-refractivity contribution is 6.21. The zero-order valence-electron chi connectivity index (χ0n) is 9.33. The second-order valence-electron chi connectivity index (χ2n) is 4.02. The Morgan fingerprint density at radius 3 is 2.00 bits per heavy atom. The third kappa shape index (κ3) is 1.73. The largest absolute Gasteiger partial charge is 0.394 e. The number of amides is 2. The molecule has 0 unspecified atom stereocenters. The highest BCUT2D eigenvalue weighted by atomic mass is 16.3. The fourth-order valence-electron chi connectivity index (χ4n) is 1.96. The summed E-state index contributed by atoms with van der Waals surface area (Å²) < 4.78 is 0. The van der Waals surface area contributed by atoms with Crippen LogP contribution in [0, 0.1) is 0 Å². The number of fused-ring (bicyclic) bond motifs is 1. The number of carbonyl (C=O) groups is 2. The predicted octanol–water partition coefficient (Wildman–Crippen LogP) is 0.0243. The van der Waals surface area contributed by atoms with Gasteiger partial charge in [0.2, 0.25) is 0 Å². The summed E-state index contributed by atoms with van der Waals surface area (Å²) in [6, 6.07) is 5.56. The van der Waals surface area contributed by atoms with Gasteiger partial charge in [0, 0.05) is 0 Å². The van der Waals surface area contributed by atoms with Crippen molar-refractivity contribution in [1.29, 1.82) is 0 Å². The number of benzene rings is 1. The van der Waals surface area contributed by atoms with Crippen molar-refractivity contribution in [3.8, 4) is 0 Å². The van der Waals surface area contributed by atoms with E-state index >= 15 is 0 Å². The maximum atomic E-state index is 12.0. The Morgan fingerprint density at radius 1 is 1.18 bits per heavy atom. The van der Waals surface area contributed by atoms with E-state index in [9.17, 15) is 14.7 Å². The molecule has 0 spiro atoms. The van der Waals surface area contributed by atoms with E-state index in [-0.39, 0.29) is 0 Å². The van der Waals surface area contributed by atoms with E-state index in [2.05, 4.69) is 0 Å². The molecule has 5 nitrogen and oxygen atoms in total. The molecular formula is C12H13NO4. The molecule has 1 aromatic rings. The molecule has 0 aromatic heterocycles. The monoisotopic (exact) mass is 235 g/mol. The Bertz CT molecular complexity index is 434. The molecular weight excluding hydrogens is 222 g/mol. The number of imide groups is 1. The summed E-state index contributed by atoms with van der Waals surface area (Å²) in [6.45, 7) is 0.980. The second-order valence-corrected chi connectivity index (χ2v) is 4.02. The number of aliphatic hydroxyl groups is 2. The number of hydrogen-bond donors (Lipinski definition) is 2. The first-order valence-electron chi connectivity index (χ1n) is 5.33. The first kappa shape index (κ1) is 11.8. The van der Waals surface area contributed by atoms with Crippen LogP contribution < -0.4 is 0 Å². The van der Waals surface area contributed by atoms with Gasteiger partial charge in [0.25, 0.3) is 11.8 Å². The third-order valence-corrected chi connectivity index (χ3v) is 2.90. The highest BCUT2D eigenvalue weighted by Gasteiger charge is 2.40. The molecule has 17 heavy (non-hydrogen) atoms. The Labute approximate surface area is 98.3 Å². The van der Waals surface area contributed by atoms with Gasteiger partial charge < -0.3 is 10.2 Å². The molecule has 0 aliphatic carbocycles. The van der Waals surface area contributed by atoms with Crippen LogP contribution in [0.3, 0.4) is 0 Å². The lowest BCUT2D eigenvalue weighted by atomic mass is 10.1. The molecule has 1 aliphatic rings. The summed E-state index contributed by atoms with van der Waals surface area (Å²) in [6.07, 6.45) is -0.970. The smallest absolute Gasteiger partial charge is 0.261 e. The zero-order valence-corrected chi connectivity index (χ0v) is 9.33. The number of hydrogen-bond acceptors (Lipinski definition) is 4. The van der Waals surface area contributed by atoms with Crippen molar-refractivity contribution in [3.05, 3.63) is 35.4 Å². The SMILES string of the molecule is C[C@@H](O)[C@@H](CO)N1C(=O)c2ccccc2C1=O. The van der Waals surface area contributed by atoms with Crippen molar-refractivity contribution < 1.29 is 19.8 Å². The van der Waals surface area contributed by atoms with Crippen LogP contribution >= 0.6 is 0 Å². The molecule has 0 radical (unpaired) electrons. The lowest BCUT2D eigenvalue weighted by Gasteiger charge is -2.26. The molecule has 2 N–H and O–H groups in total. The Balaban J connectivity index is 2.42. The van der Waals surface area contributed by atoms with Gasteiger partial charge in [-0.15, -0.1) is 0 Å². The Morgan fingerprint density at radius 2 is 1.65 bits per heavy atom. The van der Waals surface area contributed by atoms with Crippen molar-refractivity contribution in [2.24, 2.45) is 0 Å². The van der Waals surface area contributed by atoms with Gasteiger partial charge in [-0.3, -0.25) is 14.5 Å². The van der Waals surface area contributed by atoms with E-state index in [0.29, 0.717) is 11.1 Å². The van der Waals surface area contributed by atoms with Gasteiger partial charge in [-0.1, -0.05) is 12.1 Å². The summed E-state index contributed by atoms with van der Waals surface area (Å²) in [7, 11) is 0. The molecule has 2 rings (SSSR count). The van der Waals surface area contributed by atoms with Gasteiger partial charge in [0.15, 0.2) is 0 Å². The molecule has 0 fully saturated rings. The minimum absolute atomic E-state index is 0.316. The average Bonchev–Trinajstić information content (AvgIpc) is 2.56. The standard InChI is InChI=1S/C12H13NO4/c1-7(15)10(6-14)13-11(16)8-4-2-3-5-9(8)12(13)17/h2-5,7,10,14-15H,6H2,1H3/t7-,10-/m1/s1. The van der Waals surface area contributed by atoms with Crippen LogP contribution in [0.2, 0.25) is 0 Å². The number of nitrogens with zero attached hydrogens (tertiary/aromatic N) is 1. The van der Waals surface area contributed by atoms with Gasteiger partial charge in [-0.25, -0.2) is 0 Å². The summed E-state index contributed by atoms with van der Waals surface area (Å²) in [5.41, 5.74) is 0.633. The van der Waals surface area contributed by atoms with Crippen molar-refractivity contribution in [1.82, 2.24) is 4.90 Å². The first-order chi connectivity index (χ1) is 8.07. The van der Waals surface area contributed by atoms with Crippen molar-refractivity contribution >= 4 is 11.8 Å². The maximum absolute atomic E-state index is 12.0. The van der Waals surface area contributed by atoms with E-state index in [1.165, 1.54) is 6.92 Å². The van der Waals surface area contributed by atoms with Crippen molar-refractivity contribution in [2.45, 2.75) is 19.1 Å². The summed E-state index contributed by atoms with van der Waals surface area (Å²) in [4.78, 5) is 24.9. The van der Waals surface area contributed by atoms with E-state index in [1.54, 1.807) is 24.3 Å². The van der Waals surface area contributed by atoms with Gasteiger partial charge in [0.05, 0.1) is 29.9 Å².